The van der Waals surface area contributed by atoms with Crippen molar-refractivity contribution in [3.63, 3.8) is 0 Å². The van der Waals surface area contributed by atoms with Gasteiger partial charge in [-0.3, -0.25) is 4.79 Å². The third-order valence-electron chi connectivity index (χ3n) is 2.81. The van der Waals surface area contributed by atoms with E-state index < -0.39 is 12.1 Å². The normalized spacial score (nSPS) is 11.7. The van der Waals surface area contributed by atoms with Crippen LogP contribution in [0.3, 0.4) is 0 Å². The number of benzene rings is 1. The molecule has 1 aromatic carbocycles. The largest absolute Gasteiger partial charge is 0.471 e. The van der Waals surface area contributed by atoms with Crippen molar-refractivity contribution in [2.45, 2.75) is 12.6 Å². The second kappa shape index (κ2) is 7.57. The lowest BCUT2D eigenvalue weighted by Crippen LogP contribution is -2.24. The fourth-order valence-corrected chi connectivity index (χ4v) is 1.71. The first-order valence-electron chi connectivity index (χ1n) is 6.76. The maximum atomic E-state index is 12.4. The third-order valence-corrected chi connectivity index (χ3v) is 2.81. The maximum Gasteiger partial charge on any atom is 0.471 e. The van der Waals surface area contributed by atoms with Crippen molar-refractivity contribution in [3.8, 4) is 11.4 Å². The number of alkyl halides is 3. The van der Waals surface area contributed by atoms with Crippen LogP contribution in [-0.2, 0) is 11.0 Å². The topological polar surface area (TPSA) is 89.6 Å². The molecule has 24 heavy (non-hydrogen) atoms. The number of rotatable bonds is 6. The minimum absolute atomic E-state index is 0.204. The monoisotopic (exact) mass is 342 g/mol. The number of hydrogen-bond acceptors (Lipinski definition) is 6. The van der Waals surface area contributed by atoms with Gasteiger partial charge >= 0.3 is 12.1 Å². The van der Waals surface area contributed by atoms with E-state index in [4.69, 9.17) is 0 Å². The first-order valence-corrected chi connectivity index (χ1v) is 6.76. The molecule has 0 bridgehead atoms. The molecule has 0 fully saturated rings. The summed E-state index contributed by atoms with van der Waals surface area (Å²) >= 11 is 0. The number of nitrogens with one attached hydrogen (secondary N) is 1. The second-order valence-electron chi connectivity index (χ2n) is 4.51. The third kappa shape index (κ3) is 4.54. The predicted octanol–water partition coefficient (Wildman–Crippen LogP) is 2.51. The molecule has 1 heterocycles. The van der Waals surface area contributed by atoms with Crippen molar-refractivity contribution in [1.29, 1.82) is 0 Å². The van der Waals surface area contributed by atoms with Crippen molar-refractivity contribution >= 4 is 12.1 Å². The zero-order valence-electron chi connectivity index (χ0n) is 12.5. The highest BCUT2D eigenvalue weighted by atomic mass is 19.4. The number of oxime groups is 1. The van der Waals surface area contributed by atoms with Crippen molar-refractivity contribution in [2.24, 2.45) is 5.16 Å². The lowest BCUT2D eigenvalue weighted by atomic mass is 10.1. The van der Waals surface area contributed by atoms with Gasteiger partial charge in [-0.1, -0.05) is 22.4 Å². The summed E-state index contributed by atoms with van der Waals surface area (Å²) in [4.78, 5) is 19.6. The molecule has 0 unspecified atom stereocenters. The molecule has 0 aliphatic carbocycles. The number of carbonyl (C=O) groups is 1. The quantitative estimate of drug-likeness (QED) is 0.495. The summed E-state index contributed by atoms with van der Waals surface area (Å²) in [6.45, 7) is 0.368. The van der Waals surface area contributed by atoms with Gasteiger partial charge in [0.15, 0.2) is 0 Å². The van der Waals surface area contributed by atoms with Crippen LogP contribution in [0.15, 0.2) is 33.9 Å². The Balaban J connectivity index is 1.98. The summed E-state index contributed by atoms with van der Waals surface area (Å²) in [6, 6.07) is 5.79. The highest BCUT2D eigenvalue weighted by Gasteiger charge is 2.38. The molecule has 0 atom stereocenters. The van der Waals surface area contributed by atoms with Crippen LogP contribution in [0.2, 0.25) is 0 Å². The Labute approximate surface area is 134 Å². The number of amides is 1. The summed E-state index contributed by atoms with van der Waals surface area (Å²) < 4.78 is 41.4. The van der Waals surface area contributed by atoms with Crippen LogP contribution >= 0.6 is 0 Å². The molecule has 7 nitrogen and oxygen atoms in total. The van der Waals surface area contributed by atoms with E-state index in [1.807, 2.05) is 0 Å². The van der Waals surface area contributed by atoms with Gasteiger partial charge in [0.1, 0.15) is 7.11 Å². The minimum atomic E-state index is -4.70. The standard InChI is InChI=1S/C14H13F3N4O3/c1-23-19-8-2-7-18-12(22)10-5-3-9(4-6-10)11-20-13(24-21-11)14(15,16)17/h3-6,8H,2,7H2,1H3,(H,18,22)/b19-8+. The Morgan fingerprint density at radius 2 is 2.08 bits per heavy atom. The van der Waals surface area contributed by atoms with Gasteiger partial charge in [-0.25, -0.2) is 0 Å². The number of carbonyl (C=O) groups excluding carboxylic acids is 1. The molecule has 0 aliphatic rings. The average Bonchev–Trinajstić information content (AvgIpc) is 3.05. The van der Waals surface area contributed by atoms with Crippen molar-refractivity contribution in [1.82, 2.24) is 15.5 Å². The molecule has 0 saturated carbocycles. The van der Waals surface area contributed by atoms with E-state index >= 15 is 0 Å². The molecular formula is C14H13F3N4O3. The summed E-state index contributed by atoms with van der Waals surface area (Å²) in [5, 5.41) is 9.46. The van der Waals surface area contributed by atoms with Gasteiger partial charge in [0.05, 0.1) is 0 Å². The average molecular weight is 342 g/mol. The van der Waals surface area contributed by atoms with Gasteiger partial charge in [0, 0.05) is 30.3 Å². The van der Waals surface area contributed by atoms with E-state index in [1.54, 1.807) is 0 Å². The molecule has 128 valence electrons. The molecule has 2 aromatic rings. The summed E-state index contributed by atoms with van der Waals surface area (Å²) in [7, 11) is 1.41. The highest BCUT2D eigenvalue weighted by molar-refractivity contribution is 5.94. The van der Waals surface area contributed by atoms with E-state index in [0.717, 1.165) is 0 Å². The molecule has 0 saturated heterocycles. The van der Waals surface area contributed by atoms with Gasteiger partial charge in [0.25, 0.3) is 5.91 Å². The first-order chi connectivity index (χ1) is 11.4. The van der Waals surface area contributed by atoms with Crippen LogP contribution < -0.4 is 5.32 Å². The molecular weight excluding hydrogens is 329 g/mol. The maximum absolute atomic E-state index is 12.4. The van der Waals surface area contributed by atoms with Gasteiger partial charge in [-0.2, -0.15) is 18.2 Å². The molecule has 2 rings (SSSR count). The lowest BCUT2D eigenvalue weighted by molar-refractivity contribution is -0.159. The summed E-state index contributed by atoms with van der Waals surface area (Å²) in [6.07, 6.45) is -2.68. The zero-order chi connectivity index (χ0) is 17.6. The van der Waals surface area contributed by atoms with Crippen molar-refractivity contribution in [2.75, 3.05) is 13.7 Å². The van der Waals surface area contributed by atoms with Gasteiger partial charge in [0.2, 0.25) is 5.82 Å². The van der Waals surface area contributed by atoms with Crippen LogP contribution in [0, 0.1) is 0 Å². The zero-order valence-corrected chi connectivity index (χ0v) is 12.5. The highest BCUT2D eigenvalue weighted by Crippen LogP contribution is 2.29. The first kappa shape index (κ1) is 17.4. The SMILES string of the molecule is CO/N=C/CCNC(=O)c1ccc(-c2noc(C(F)(F)F)n2)cc1. The Bertz CT molecular complexity index is 711. The summed E-state index contributed by atoms with van der Waals surface area (Å²) in [5.41, 5.74) is 0.653. The van der Waals surface area contributed by atoms with E-state index in [9.17, 15) is 18.0 Å². The Kier molecular flexibility index (Phi) is 5.51. The fourth-order valence-electron chi connectivity index (χ4n) is 1.71. The minimum Gasteiger partial charge on any atom is -0.399 e. The molecule has 0 spiro atoms. The van der Waals surface area contributed by atoms with Crippen LogP contribution in [0.1, 0.15) is 22.7 Å². The second-order valence-corrected chi connectivity index (χ2v) is 4.51. The Hall–Kier alpha value is -2.91. The number of nitrogens with zero attached hydrogens (tertiary/aromatic N) is 3. The van der Waals surface area contributed by atoms with Crippen LogP contribution in [0.5, 0.6) is 0 Å². The van der Waals surface area contributed by atoms with Crippen LogP contribution in [0.4, 0.5) is 13.2 Å². The van der Waals surface area contributed by atoms with E-state index in [2.05, 4.69) is 30.0 Å². The van der Waals surface area contributed by atoms with Crippen molar-refractivity contribution < 1.29 is 27.3 Å². The lowest BCUT2D eigenvalue weighted by Gasteiger charge is -2.03. The molecule has 1 N–H and O–H groups in total. The van der Waals surface area contributed by atoms with Gasteiger partial charge in [-0.15, -0.1) is 0 Å². The molecule has 10 heteroatoms. The predicted molar refractivity (Wildman–Crippen MR) is 77.2 cm³/mol. The molecule has 1 aromatic heterocycles. The Morgan fingerprint density at radius 3 is 2.67 bits per heavy atom. The summed E-state index contributed by atoms with van der Waals surface area (Å²) in [5.74, 6) is -1.95. The number of halogens is 3. The van der Waals surface area contributed by atoms with E-state index in [0.29, 0.717) is 24.1 Å². The van der Waals surface area contributed by atoms with E-state index in [1.165, 1.54) is 37.6 Å². The van der Waals surface area contributed by atoms with Crippen LogP contribution in [0.25, 0.3) is 11.4 Å². The molecule has 0 radical (unpaired) electrons. The van der Waals surface area contributed by atoms with Gasteiger partial charge in [-0.05, 0) is 12.1 Å². The van der Waals surface area contributed by atoms with Crippen LogP contribution in [-0.4, -0.2) is 35.9 Å². The fraction of sp³-hybridized carbons (Fsp3) is 0.286. The number of aromatic nitrogens is 2. The molecule has 1 amide bonds. The Morgan fingerprint density at radius 1 is 1.38 bits per heavy atom. The number of hydrogen-bond donors (Lipinski definition) is 1. The van der Waals surface area contributed by atoms with E-state index in [-0.39, 0.29) is 11.7 Å². The van der Waals surface area contributed by atoms with Gasteiger partial charge < -0.3 is 14.7 Å². The molecule has 0 aliphatic heterocycles. The van der Waals surface area contributed by atoms with Crippen molar-refractivity contribution in [3.05, 3.63) is 35.7 Å². The smallest absolute Gasteiger partial charge is 0.399 e.